The van der Waals surface area contributed by atoms with Crippen LogP contribution in [0.2, 0.25) is 0 Å². The van der Waals surface area contributed by atoms with Gasteiger partial charge in [-0.05, 0) is 29.1 Å². The van der Waals surface area contributed by atoms with E-state index in [0.29, 0.717) is 18.8 Å². The maximum Gasteiger partial charge on any atom is 0.271 e. The van der Waals surface area contributed by atoms with Crippen molar-refractivity contribution >= 4 is 17.2 Å². The topological polar surface area (TPSA) is 67.0 Å². The lowest BCUT2D eigenvalue weighted by molar-refractivity contribution is 0.0942. The summed E-state index contributed by atoms with van der Waals surface area (Å²) < 4.78 is 5.90. The van der Waals surface area contributed by atoms with Crippen LogP contribution in [0.5, 0.6) is 5.75 Å². The van der Waals surface area contributed by atoms with Crippen molar-refractivity contribution in [3.05, 3.63) is 83.9 Å². The summed E-state index contributed by atoms with van der Waals surface area (Å²) >= 11 is 1.60. The third kappa shape index (κ3) is 4.13. The third-order valence-corrected chi connectivity index (χ3v) is 5.12. The molecule has 0 bridgehead atoms. The molecule has 2 aromatic heterocycles. The van der Waals surface area contributed by atoms with Gasteiger partial charge in [-0.25, -0.2) is 0 Å². The zero-order valence-corrected chi connectivity index (χ0v) is 15.9. The molecule has 0 radical (unpaired) electrons. The summed E-state index contributed by atoms with van der Waals surface area (Å²) in [5.74, 6) is 0.571. The van der Waals surface area contributed by atoms with Crippen molar-refractivity contribution in [2.24, 2.45) is 0 Å². The van der Waals surface area contributed by atoms with E-state index in [9.17, 15) is 4.79 Å². The van der Waals surface area contributed by atoms with E-state index in [1.165, 1.54) is 0 Å². The standard InChI is InChI=1S/C22H19N3O2S/c26-22(19-15-18(24-25-19)21-11-6-14-28-21)23-12-13-27-20-10-5-4-9-17(20)16-7-2-1-3-8-16/h1-11,14-15H,12-13H2,(H,23,26)(H,24,25). The molecule has 140 valence electrons. The van der Waals surface area contributed by atoms with Crippen molar-refractivity contribution in [2.45, 2.75) is 0 Å². The lowest BCUT2D eigenvalue weighted by Gasteiger charge is -2.12. The highest BCUT2D eigenvalue weighted by molar-refractivity contribution is 7.13. The number of thiophene rings is 1. The maximum absolute atomic E-state index is 12.3. The first-order chi connectivity index (χ1) is 13.8. The maximum atomic E-state index is 12.3. The van der Waals surface area contributed by atoms with Crippen molar-refractivity contribution in [2.75, 3.05) is 13.2 Å². The summed E-state index contributed by atoms with van der Waals surface area (Å²) in [5.41, 5.74) is 3.34. The van der Waals surface area contributed by atoms with Crippen LogP contribution in [0.15, 0.2) is 78.2 Å². The van der Waals surface area contributed by atoms with Crippen LogP contribution in [-0.4, -0.2) is 29.3 Å². The molecular formula is C22H19N3O2S. The number of benzene rings is 2. The number of amides is 1. The fraction of sp³-hybridized carbons (Fsp3) is 0.0909. The molecule has 0 saturated heterocycles. The van der Waals surface area contributed by atoms with Gasteiger partial charge in [-0.15, -0.1) is 11.3 Å². The molecule has 28 heavy (non-hydrogen) atoms. The van der Waals surface area contributed by atoms with Crippen LogP contribution in [-0.2, 0) is 0 Å². The number of aromatic amines is 1. The Morgan fingerprint density at radius 1 is 1.04 bits per heavy atom. The quantitative estimate of drug-likeness (QED) is 0.454. The van der Waals surface area contributed by atoms with Crippen LogP contribution in [0.25, 0.3) is 21.7 Å². The number of H-pyrrole nitrogens is 1. The zero-order chi connectivity index (χ0) is 19.2. The molecule has 0 aliphatic rings. The second kappa shape index (κ2) is 8.54. The van der Waals surface area contributed by atoms with E-state index in [0.717, 1.165) is 27.4 Å². The predicted octanol–water partition coefficient (Wildman–Crippen LogP) is 4.61. The zero-order valence-electron chi connectivity index (χ0n) is 15.1. The summed E-state index contributed by atoms with van der Waals surface area (Å²) in [4.78, 5) is 13.3. The minimum Gasteiger partial charge on any atom is -0.491 e. The fourth-order valence-electron chi connectivity index (χ4n) is 2.86. The van der Waals surface area contributed by atoms with Crippen LogP contribution < -0.4 is 10.1 Å². The molecule has 2 aromatic carbocycles. The van der Waals surface area contributed by atoms with Crippen LogP contribution in [0, 0.1) is 0 Å². The highest BCUT2D eigenvalue weighted by Gasteiger charge is 2.12. The minimum atomic E-state index is -0.223. The van der Waals surface area contributed by atoms with Gasteiger partial charge in [0.2, 0.25) is 0 Å². The normalized spacial score (nSPS) is 10.6. The van der Waals surface area contributed by atoms with E-state index in [1.54, 1.807) is 17.4 Å². The Morgan fingerprint density at radius 2 is 1.86 bits per heavy atom. The number of carbonyl (C=O) groups is 1. The minimum absolute atomic E-state index is 0.223. The first-order valence-corrected chi connectivity index (χ1v) is 9.84. The van der Waals surface area contributed by atoms with Gasteiger partial charge in [0.05, 0.1) is 17.1 Å². The lowest BCUT2D eigenvalue weighted by Crippen LogP contribution is -2.28. The van der Waals surface area contributed by atoms with E-state index < -0.39 is 0 Å². The van der Waals surface area contributed by atoms with Gasteiger partial charge in [0, 0.05) is 5.56 Å². The Morgan fingerprint density at radius 3 is 2.68 bits per heavy atom. The smallest absolute Gasteiger partial charge is 0.271 e. The molecule has 0 fully saturated rings. The van der Waals surface area contributed by atoms with Crippen molar-refractivity contribution < 1.29 is 9.53 Å². The molecule has 0 atom stereocenters. The number of nitrogens with one attached hydrogen (secondary N) is 2. The van der Waals surface area contributed by atoms with Crippen molar-refractivity contribution in [3.63, 3.8) is 0 Å². The van der Waals surface area contributed by atoms with E-state index in [-0.39, 0.29) is 5.91 Å². The highest BCUT2D eigenvalue weighted by Crippen LogP contribution is 2.29. The highest BCUT2D eigenvalue weighted by atomic mass is 32.1. The molecule has 0 aliphatic heterocycles. The Balaban J connectivity index is 1.32. The number of hydrogen-bond acceptors (Lipinski definition) is 4. The summed E-state index contributed by atoms with van der Waals surface area (Å²) in [5, 5.41) is 11.8. The largest absolute Gasteiger partial charge is 0.491 e. The van der Waals surface area contributed by atoms with Crippen LogP contribution in [0.3, 0.4) is 0 Å². The number of carbonyl (C=O) groups excluding carboxylic acids is 1. The number of ether oxygens (including phenoxy) is 1. The molecule has 5 nitrogen and oxygen atoms in total. The lowest BCUT2D eigenvalue weighted by atomic mass is 10.1. The first kappa shape index (κ1) is 18.0. The molecule has 0 spiro atoms. The Labute approximate surface area is 167 Å². The van der Waals surface area contributed by atoms with E-state index >= 15 is 0 Å². The molecule has 0 unspecified atom stereocenters. The second-order valence-corrected chi connectivity index (χ2v) is 7.06. The van der Waals surface area contributed by atoms with Gasteiger partial charge >= 0.3 is 0 Å². The van der Waals surface area contributed by atoms with Gasteiger partial charge in [0.25, 0.3) is 5.91 Å². The number of nitrogens with zero attached hydrogens (tertiary/aromatic N) is 1. The Kier molecular flexibility index (Phi) is 5.49. The third-order valence-electron chi connectivity index (χ3n) is 4.21. The van der Waals surface area contributed by atoms with Crippen molar-refractivity contribution in [1.82, 2.24) is 15.5 Å². The molecular weight excluding hydrogens is 370 g/mol. The molecule has 4 aromatic rings. The van der Waals surface area contributed by atoms with Crippen LogP contribution in [0.4, 0.5) is 0 Å². The van der Waals surface area contributed by atoms with Gasteiger partial charge < -0.3 is 10.1 Å². The Hall–Kier alpha value is -3.38. The fourth-order valence-corrected chi connectivity index (χ4v) is 3.55. The number of para-hydroxylation sites is 1. The van der Waals surface area contributed by atoms with E-state index in [2.05, 4.69) is 15.5 Å². The first-order valence-electron chi connectivity index (χ1n) is 8.96. The predicted molar refractivity (Wildman–Crippen MR) is 112 cm³/mol. The Bertz CT molecular complexity index is 1040. The summed E-state index contributed by atoms with van der Waals surface area (Å²) in [6.07, 6.45) is 0. The average molecular weight is 389 g/mol. The number of aromatic nitrogens is 2. The molecule has 4 rings (SSSR count). The molecule has 2 N–H and O–H groups in total. The number of rotatable bonds is 7. The number of hydrogen-bond donors (Lipinski definition) is 2. The van der Waals surface area contributed by atoms with Crippen LogP contribution >= 0.6 is 11.3 Å². The second-order valence-electron chi connectivity index (χ2n) is 6.11. The molecule has 2 heterocycles. The monoisotopic (exact) mass is 389 g/mol. The van der Waals surface area contributed by atoms with Gasteiger partial charge in [-0.2, -0.15) is 5.10 Å². The summed E-state index contributed by atoms with van der Waals surface area (Å²) in [7, 11) is 0. The molecule has 1 amide bonds. The van der Waals surface area contributed by atoms with Gasteiger partial charge in [-0.1, -0.05) is 54.6 Å². The SMILES string of the molecule is O=C(NCCOc1ccccc1-c1ccccc1)c1cc(-c2cccs2)[nH]n1. The summed E-state index contributed by atoms with van der Waals surface area (Å²) in [6, 6.07) is 23.7. The average Bonchev–Trinajstić information content (AvgIpc) is 3.44. The van der Waals surface area contributed by atoms with Gasteiger partial charge in [0.15, 0.2) is 5.69 Å². The molecule has 0 aliphatic carbocycles. The summed E-state index contributed by atoms with van der Waals surface area (Å²) in [6.45, 7) is 0.765. The van der Waals surface area contributed by atoms with Crippen molar-refractivity contribution in [3.8, 4) is 27.4 Å². The van der Waals surface area contributed by atoms with Crippen molar-refractivity contribution in [1.29, 1.82) is 0 Å². The van der Waals surface area contributed by atoms with E-state index in [4.69, 9.17) is 4.74 Å². The molecule has 6 heteroatoms. The van der Waals surface area contributed by atoms with Crippen LogP contribution in [0.1, 0.15) is 10.5 Å². The molecule has 0 saturated carbocycles. The van der Waals surface area contributed by atoms with E-state index in [1.807, 2.05) is 72.1 Å². The van der Waals surface area contributed by atoms with Gasteiger partial charge in [-0.3, -0.25) is 9.89 Å². The van der Waals surface area contributed by atoms with Gasteiger partial charge in [0.1, 0.15) is 12.4 Å².